The summed E-state index contributed by atoms with van der Waals surface area (Å²) in [7, 11) is 0. The number of alkyl halides is 3. The fraction of sp³-hybridized carbons (Fsp3) is 0.0741. The average molecular weight is 467 g/mol. The van der Waals surface area contributed by atoms with Gasteiger partial charge >= 0.3 is 6.18 Å². The minimum absolute atomic E-state index is 0.230. The van der Waals surface area contributed by atoms with Gasteiger partial charge in [-0.05, 0) is 11.6 Å². The second-order valence-corrected chi connectivity index (χ2v) is 7.36. The van der Waals surface area contributed by atoms with Crippen LogP contribution in [0.1, 0.15) is 22.3 Å². The Morgan fingerprint density at radius 2 is 1.21 bits per heavy atom. The average Bonchev–Trinajstić information content (AvgIpc) is 2.84. The monoisotopic (exact) mass is 467 g/mol. The van der Waals surface area contributed by atoms with Crippen LogP contribution in [0.25, 0.3) is 0 Å². The highest BCUT2D eigenvalue weighted by molar-refractivity contribution is 6.14. The molecule has 172 valence electrons. The number of rotatable bonds is 6. The summed E-state index contributed by atoms with van der Waals surface area (Å²) in [4.78, 5) is 4.22. The third kappa shape index (κ3) is 5.14. The Labute approximate surface area is 193 Å². The summed E-state index contributed by atoms with van der Waals surface area (Å²) >= 11 is 0. The minimum Gasteiger partial charge on any atom is -0.483 e. The van der Waals surface area contributed by atoms with Gasteiger partial charge in [0.05, 0.1) is 11.3 Å². The molecule has 0 N–H and O–H groups in total. The maximum atomic E-state index is 15.4. The van der Waals surface area contributed by atoms with E-state index in [0.29, 0.717) is 22.8 Å². The van der Waals surface area contributed by atoms with Gasteiger partial charge in [-0.3, -0.25) is 0 Å². The Balaban J connectivity index is 1.88. The van der Waals surface area contributed by atoms with Gasteiger partial charge in [-0.2, -0.15) is 13.2 Å². The molecule has 0 spiro atoms. The van der Waals surface area contributed by atoms with E-state index >= 15 is 4.39 Å². The van der Waals surface area contributed by atoms with Crippen molar-refractivity contribution in [1.82, 2.24) is 0 Å². The van der Waals surface area contributed by atoms with Crippen LogP contribution >= 0.6 is 0 Å². The lowest BCUT2D eigenvalue weighted by Crippen LogP contribution is -2.12. The van der Waals surface area contributed by atoms with Gasteiger partial charge in [-0.15, -0.1) is 0 Å². The first kappa shape index (κ1) is 23.2. The number of benzene rings is 4. The molecule has 0 atom stereocenters. The quantitative estimate of drug-likeness (QED) is 0.210. The summed E-state index contributed by atoms with van der Waals surface area (Å²) in [5, 5.41) is 0. The number of hydrogen-bond donors (Lipinski definition) is 0. The summed E-state index contributed by atoms with van der Waals surface area (Å²) in [6.45, 7) is -0.316. The molecule has 0 saturated carbocycles. The molecule has 0 saturated heterocycles. The summed E-state index contributed by atoms with van der Waals surface area (Å²) in [5.41, 5.74) is -0.460. The maximum Gasteiger partial charge on any atom is 0.419 e. The summed E-state index contributed by atoms with van der Waals surface area (Å²) in [6.07, 6.45) is -5.08. The molecule has 0 aromatic heterocycles. The maximum absolute atomic E-state index is 15.4. The van der Waals surface area contributed by atoms with Crippen LogP contribution in [-0.4, -0.2) is 5.71 Å². The van der Waals surface area contributed by atoms with Crippen molar-refractivity contribution >= 4 is 11.4 Å². The molecule has 4 aromatic carbocycles. The van der Waals surface area contributed by atoms with Crippen molar-refractivity contribution in [2.24, 2.45) is 4.99 Å². The van der Waals surface area contributed by atoms with E-state index in [1.807, 2.05) is 0 Å². The number of ether oxygens (including phenoxy) is 1. The van der Waals surface area contributed by atoms with Crippen molar-refractivity contribution in [2.45, 2.75) is 12.8 Å². The van der Waals surface area contributed by atoms with Crippen molar-refractivity contribution < 1.29 is 26.7 Å². The van der Waals surface area contributed by atoms with Crippen molar-refractivity contribution in [3.05, 3.63) is 131 Å². The second-order valence-electron chi connectivity index (χ2n) is 7.36. The van der Waals surface area contributed by atoms with Crippen LogP contribution < -0.4 is 4.74 Å². The third-order valence-corrected chi connectivity index (χ3v) is 5.00. The molecule has 0 amide bonds. The third-order valence-electron chi connectivity index (χ3n) is 5.00. The van der Waals surface area contributed by atoms with E-state index in [1.54, 1.807) is 91.0 Å². The highest BCUT2D eigenvalue weighted by Gasteiger charge is 2.38. The van der Waals surface area contributed by atoms with E-state index in [4.69, 9.17) is 4.74 Å². The van der Waals surface area contributed by atoms with Crippen molar-refractivity contribution in [2.75, 3.05) is 0 Å². The number of halogens is 5. The van der Waals surface area contributed by atoms with Gasteiger partial charge in [0.25, 0.3) is 0 Å². The molecule has 0 bridgehead atoms. The first-order chi connectivity index (χ1) is 16.3. The zero-order chi connectivity index (χ0) is 24.1. The molecular weight excluding hydrogens is 449 g/mol. The SMILES string of the molecule is Fc1c(N=C(c2ccccc2)c2ccccc2)cc(C(F)(F)F)c(F)c1OCc1ccccc1. The molecule has 7 heteroatoms. The van der Waals surface area contributed by atoms with E-state index in [2.05, 4.69) is 4.99 Å². The van der Waals surface area contributed by atoms with Gasteiger partial charge in [0.15, 0.2) is 17.4 Å². The van der Waals surface area contributed by atoms with Crippen LogP contribution in [0.15, 0.2) is 102 Å². The normalized spacial score (nSPS) is 11.2. The molecule has 0 radical (unpaired) electrons. The topological polar surface area (TPSA) is 21.6 Å². The van der Waals surface area contributed by atoms with Gasteiger partial charge < -0.3 is 4.74 Å². The lowest BCUT2D eigenvalue weighted by atomic mass is 10.0. The second kappa shape index (κ2) is 9.87. The van der Waals surface area contributed by atoms with Gasteiger partial charge in [-0.25, -0.2) is 13.8 Å². The predicted molar refractivity (Wildman–Crippen MR) is 120 cm³/mol. The van der Waals surface area contributed by atoms with E-state index < -0.39 is 34.8 Å². The Kier molecular flexibility index (Phi) is 6.72. The predicted octanol–water partition coefficient (Wildman–Crippen LogP) is 7.73. The first-order valence-electron chi connectivity index (χ1n) is 10.3. The standard InChI is InChI=1S/C27H18F5NO/c28-23-21(27(30,31)32)16-22(24(29)26(23)34-17-18-10-4-1-5-11-18)33-25(19-12-6-2-7-13-19)20-14-8-3-9-15-20/h1-16H,17H2. The van der Waals surface area contributed by atoms with Gasteiger partial charge in [0.2, 0.25) is 0 Å². The lowest BCUT2D eigenvalue weighted by molar-refractivity contribution is -0.140. The van der Waals surface area contributed by atoms with Crippen molar-refractivity contribution in [3.63, 3.8) is 0 Å². The Hall–Kier alpha value is -4.00. The molecule has 0 unspecified atom stereocenters. The molecule has 4 rings (SSSR count). The van der Waals surface area contributed by atoms with E-state index in [0.717, 1.165) is 0 Å². The zero-order valence-electron chi connectivity index (χ0n) is 17.7. The van der Waals surface area contributed by atoms with Crippen LogP contribution in [0.4, 0.5) is 27.6 Å². The van der Waals surface area contributed by atoms with E-state index in [-0.39, 0.29) is 12.3 Å². The molecule has 34 heavy (non-hydrogen) atoms. The summed E-state index contributed by atoms with van der Waals surface area (Å²) in [6, 6.07) is 26.0. The fourth-order valence-corrected chi connectivity index (χ4v) is 3.35. The number of nitrogens with zero attached hydrogens (tertiary/aromatic N) is 1. The molecule has 0 aliphatic carbocycles. The molecular formula is C27H18F5NO. The molecule has 2 nitrogen and oxygen atoms in total. The summed E-state index contributed by atoms with van der Waals surface area (Å²) in [5.74, 6) is -4.26. The Morgan fingerprint density at radius 3 is 1.71 bits per heavy atom. The van der Waals surface area contributed by atoms with Crippen LogP contribution in [0, 0.1) is 11.6 Å². The van der Waals surface area contributed by atoms with Crippen molar-refractivity contribution in [1.29, 1.82) is 0 Å². The van der Waals surface area contributed by atoms with Gasteiger partial charge in [0, 0.05) is 11.1 Å². The molecule has 0 heterocycles. The molecule has 0 aliphatic heterocycles. The zero-order valence-corrected chi connectivity index (χ0v) is 17.7. The fourth-order valence-electron chi connectivity index (χ4n) is 3.35. The van der Waals surface area contributed by atoms with Crippen LogP contribution in [-0.2, 0) is 12.8 Å². The molecule has 0 aliphatic rings. The highest BCUT2D eigenvalue weighted by Crippen LogP contribution is 2.41. The highest BCUT2D eigenvalue weighted by atomic mass is 19.4. The van der Waals surface area contributed by atoms with Crippen LogP contribution in [0.5, 0.6) is 5.75 Å². The number of hydrogen-bond acceptors (Lipinski definition) is 2. The molecule has 0 fully saturated rings. The number of aliphatic imine (C=N–C) groups is 1. The van der Waals surface area contributed by atoms with E-state index in [1.165, 1.54) is 0 Å². The van der Waals surface area contributed by atoms with Crippen molar-refractivity contribution in [3.8, 4) is 5.75 Å². The van der Waals surface area contributed by atoms with E-state index in [9.17, 15) is 17.6 Å². The van der Waals surface area contributed by atoms with Crippen LogP contribution in [0.3, 0.4) is 0 Å². The minimum atomic E-state index is -5.08. The van der Waals surface area contributed by atoms with Crippen LogP contribution in [0.2, 0.25) is 0 Å². The summed E-state index contributed by atoms with van der Waals surface area (Å²) < 4.78 is 76.2. The smallest absolute Gasteiger partial charge is 0.419 e. The largest absolute Gasteiger partial charge is 0.483 e. The molecule has 4 aromatic rings. The van der Waals surface area contributed by atoms with Gasteiger partial charge in [-0.1, -0.05) is 91.0 Å². The Morgan fingerprint density at radius 1 is 0.706 bits per heavy atom. The Bertz CT molecular complexity index is 1250. The van der Waals surface area contributed by atoms with Gasteiger partial charge in [0.1, 0.15) is 12.3 Å². The lowest BCUT2D eigenvalue weighted by Gasteiger charge is -2.16. The first-order valence-corrected chi connectivity index (χ1v) is 10.3.